The van der Waals surface area contributed by atoms with Gasteiger partial charge in [0.25, 0.3) is 0 Å². The van der Waals surface area contributed by atoms with E-state index >= 15 is 0 Å². The van der Waals surface area contributed by atoms with Crippen LogP contribution in [-0.2, 0) is 19.9 Å². The van der Waals surface area contributed by atoms with Gasteiger partial charge in [0, 0.05) is 43.4 Å². The number of H-pyrrole nitrogens is 1. The molecule has 0 aliphatic carbocycles. The smallest absolute Gasteiger partial charge is 0.250 e. The van der Waals surface area contributed by atoms with E-state index in [1.165, 1.54) is 0 Å². The van der Waals surface area contributed by atoms with Gasteiger partial charge < -0.3 is 24.1 Å². The van der Waals surface area contributed by atoms with Crippen LogP contribution in [-0.4, -0.2) is 38.3 Å². The molecule has 2 aliphatic rings. The molecule has 0 saturated carbocycles. The van der Waals surface area contributed by atoms with Crippen molar-refractivity contribution in [2.75, 3.05) is 26.2 Å². The van der Waals surface area contributed by atoms with E-state index in [-0.39, 0.29) is 11.9 Å². The maximum atomic E-state index is 13.6. The summed E-state index contributed by atoms with van der Waals surface area (Å²) in [6.07, 6.45) is -0.905. The van der Waals surface area contributed by atoms with Crippen LogP contribution < -0.4 is 4.90 Å². The minimum atomic E-state index is -1.31. The van der Waals surface area contributed by atoms with E-state index in [0.717, 1.165) is 22.2 Å². The Balaban J connectivity index is 1.91. The molecular weight excluding hydrogens is 344 g/mol. The number of Topliss-reactive ketones (excluding diaryl/α,β-unsaturated/α-hetero) is 1. The Bertz CT molecular complexity index is 1060. The summed E-state index contributed by atoms with van der Waals surface area (Å²) in [7, 11) is 4.85. The van der Waals surface area contributed by atoms with Gasteiger partial charge in [0.2, 0.25) is 11.5 Å². The van der Waals surface area contributed by atoms with Crippen LogP contribution in [0.15, 0.2) is 48.5 Å². The number of nitrogens with one attached hydrogen (secondary N) is 1. The fraction of sp³-hybridized carbons (Fsp3) is 0.286. The van der Waals surface area contributed by atoms with Crippen LogP contribution in [0.3, 0.4) is 0 Å². The Kier molecular flexibility index (Phi) is 3.46. The van der Waals surface area contributed by atoms with E-state index in [0.29, 0.717) is 11.3 Å². The number of rotatable bonds is 3. The molecule has 27 heavy (non-hydrogen) atoms. The number of hydrogen-bond donors (Lipinski definition) is 1. The van der Waals surface area contributed by atoms with Crippen molar-refractivity contribution in [2.45, 2.75) is 18.1 Å². The Labute approximate surface area is 156 Å². The number of para-hydroxylation sites is 2. The van der Waals surface area contributed by atoms with Crippen LogP contribution in [0.5, 0.6) is 0 Å². The van der Waals surface area contributed by atoms with Crippen LogP contribution in [0.1, 0.15) is 27.7 Å². The fourth-order valence-corrected chi connectivity index (χ4v) is 4.65. The highest BCUT2D eigenvalue weighted by Crippen LogP contribution is 2.55. The Morgan fingerprint density at radius 3 is 2.48 bits per heavy atom. The van der Waals surface area contributed by atoms with Crippen molar-refractivity contribution in [1.29, 1.82) is 0 Å². The van der Waals surface area contributed by atoms with Crippen molar-refractivity contribution < 1.29 is 19.0 Å². The molecule has 0 fully saturated rings. The quantitative estimate of drug-likeness (QED) is 0.772. The number of carbonyl (C=O) groups excluding carboxylic acids is 1. The van der Waals surface area contributed by atoms with Crippen LogP contribution in [0, 0.1) is 0 Å². The van der Waals surface area contributed by atoms with Crippen LogP contribution in [0.4, 0.5) is 5.69 Å². The number of anilines is 1. The average molecular weight is 364 g/mol. The molecule has 6 nitrogen and oxygen atoms in total. The van der Waals surface area contributed by atoms with Gasteiger partial charge in [0.1, 0.15) is 6.10 Å². The zero-order valence-corrected chi connectivity index (χ0v) is 15.4. The van der Waals surface area contributed by atoms with Gasteiger partial charge in [0.15, 0.2) is 6.23 Å². The maximum absolute atomic E-state index is 13.6. The summed E-state index contributed by atoms with van der Waals surface area (Å²) in [6, 6.07) is 15.5. The Morgan fingerprint density at radius 1 is 1.00 bits per heavy atom. The lowest BCUT2D eigenvalue weighted by Crippen LogP contribution is -2.60. The van der Waals surface area contributed by atoms with Crippen molar-refractivity contribution in [3.05, 3.63) is 65.4 Å². The normalized spacial score (nSPS) is 26.2. The predicted molar refractivity (Wildman–Crippen MR) is 101 cm³/mol. The molecule has 0 spiro atoms. The third kappa shape index (κ3) is 1.82. The van der Waals surface area contributed by atoms with Crippen LogP contribution >= 0.6 is 0 Å². The van der Waals surface area contributed by atoms with Gasteiger partial charge in [-0.3, -0.25) is 4.79 Å². The summed E-state index contributed by atoms with van der Waals surface area (Å²) in [6.45, 7) is 0. The number of carbonyl (C=O) groups is 1. The van der Waals surface area contributed by atoms with Gasteiger partial charge >= 0.3 is 0 Å². The lowest BCUT2D eigenvalue weighted by molar-refractivity contribution is -0.0973. The van der Waals surface area contributed by atoms with E-state index in [4.69, 9.17) is 14.2 Å². The summed E-state index contributed by atoms with van der Waals surface area (Å²) >= 11 is 0. The number of hydrogen-bond acceptors (Lipinski definition) is 5. The zero-order valence-electron chi connectivity index (χ0n) is 15.4. The summed E-state index contributed by atoms with van der Waals surface area (Å²) < 4.78 is 17.7. The van der Waals surface area contributed by atoms with E-state index in [9.17, 15) is 4.79 Å². The molecule has 1 aromatic heterocycles. The zero-order chi connectivity index (χ0) is 18.8. The fourth-order valence-electron chi connectivity index (χ4n) is 4.65. The second kappa shape index (κ2) is 5.66. The minimum absolute atomic E-state index is 0.106. The molecular formula is C21H20N2O4. The minimum Gasteiger partial charge on any atom is -0.372 e. The first kappa shape index (κ1) is 16.5. The Hall–Kier alpha value is -2.67. The van der Waals surface area contributed by atoms with E-state index < -0.39 is 12.0 Å². The van der Waals surface area contributed by atoms with Gasteiger partial charge in [-0.2, -0.15) is 0 Å². The van der Waals surface area contributed by atoms with E-state index in [2.05, 4.69) is 4.98 Å². The van der Waals surface area contributed by atoms with E-state index in [1.807, 2.05) is 53.4 Å². The molecule has 138 valence electrons. The number of ether oxygens (including phenoxy) is 3. The van der Waals surface area contributed by atoms with Crippen molar-refractivity contribution in [2.24, 2.45) is 0 Å². The first-order chi connectivity index (χ1) is 13.2. The molecule has 3 heterocycles. The number of methoxy groups -OCH3 is 3. The third-order valence-corrected chi connectivity index (χ3v) is 5.73. The molecule has 0 unspecified atom stereocenters. The number of ketones is 1. The SMILES string of the molecule is CO[C@@H]1c2c([nH]c3ccccc23)[C@@]2(OC)C(=O)c3ccccc3N2[C@@H]1OC. The number of fused-ring (bicyclic) bond motifs is 7. The van der Waals surface area contributed by atoms with Gasteiger partial charge in [-0.25, -0.2) is 0 Å². The highest BCUT2D eigenvalue weighted by Gasteiger charge is 2.62. The molecule has 0 amide bonds. The standard InChI is InChI=1S/C21H20N2O4/c1-25-17-16-12-8-4-6-10-14(12)22-18(16)21(27-3)19(24)13-9-5-7-11-15(13)23(21)20(17)26-2/h4-11,17,20,22H,1-3H3/t17-,20-,21-/m1/s1. The second-order valence-corrected chi connectivity index (χ2v) is 6.81. The van der Waals surface area contributed by atoms with Crippen LogP contribution in [0.25, 0.3) is 10.9 Å². The maximum Gasteiger partial charge on any atom is 0.250 e. The first-order valence-electron chi connectivity index (χ1n) is 8.84. The molecule has 5 rings (SSSR count). The van der Waals surface area contributed by atoms with Gasteiger partial charge in [0.05, 0.1) is 11.4 Å². The largest absolute Gasteiger partial charge is 0.372 e. The molecule has 0 bridgehead atoms. The van der Waals surface area contributed by atoms with Gasteiger partial charge in [-0.15, -0.1) is 0 Å². The second-order valence-electron chi connectivity index (χ2n) is 6.81. The average Bonchev–Trinajstić information content (AvgIpc) is 3.22. The Morgan fingerprint density at radius 2 is 1.74 bits per heavy atom. The molecule has 3 aromatic rings. The highest BCUT2D eigenvalue weighted by atomic mass is 16.6. The number of benzene rings is 2. The monoisotopic (exact) mass is 364 g/mol. The number of aromatic nitrogens is 1. The molecule has 0 radical (unpaired) electrons. The molecule has 2 aliphatic heterocycles. The number of aromatic amines is 1. The van der Waals surface area contributed by atoms with E-state index in [1.54, 1.807) is 21.3 Å². The first-order valence-corrected chi connectivity index (χ1v) is 8.84. The highest BCUT2D eigenvalue weighted by molar-refractivity contribution is 6.14. The summed E-state index contributed by atoms with van der Waals surface area (Å²) in [5.41, 5.74) is 2.62. The third-order valence-electron chi connectivity index (χ3n) is 5.73. The van der Waals surface area contributed by atoms with Crippen molar-refractivity contribution >= 4 is 22.4 Å². The lowest BCUT2D eigenvalue weighted by atomic mass is 9.89. The number of nitrogens with zero attached hydrogens (tertiary/aromatic N) is 1. The van der Waals surface area contributed by atoms with Crippen LogP contribution in [0.2, 0.25) is 0 Å². The van der Waals surface area contributed by atoms with Crippen molar-refractivity contribution in [3.8, 4) is 0 Å². The molecule has 3 atom stereocenters. The molecule has 2 aromatic carbocycles. The molecule has 1 N–H and O–H groups in total. The van der Waals surface area contributed by atoms with Gasteiger partial charge in [-0.05, 0) is 18.2 Å². The lowest BCUT2D eigenvalue weighted by Gasteiger charge is -2.47. The van der Waals surface area contributed by atoms with Crippen molar-refractivity contribution in [3.63, 3.8) is 0 Å². The molecule has 6 heteroatoms. The van der Waals surface area contributed by atoms with Gasteiger partial charge in [-0.1, -0.05) is 30.3 Å². The predicted octanol–water partition coefficient (Wildman–Crippen LogP) is 3.34. The van der Waals surface area contributed by atoms with Crippen molar-refractivity contribution in [1.82, 2.24) is 4.98 Å². The summed E-state index contributed by atoms with van der Waals surface area (Å²) in [5.74, 6) is -0.106. The molecule has 0 saturated heterocycles. The summed E-state index contributed by atoms with van der Waals surface area (Å²) in [5, 5.41) is 1.00. The topological polar surface area (TPSA) is 63.8 Å². The summed E-state index contributed by atoms with van der Waals surface area (Å²) in [4.78, 5) is 18.9.